The molecular formula is C14H20F2N2O. The first-order valence-corrected chi connectivity index (χ1v) is 6.73. The third kappa shape index (κ3) is 3.64. The van der Waals surface area contributed by atoms with Crippen molar-refractivity contribution in [2.75, 3.05) is 37.7 Å². The summed E-state index contributed by atoms with van der Waals surface area (Å²) in [5.41, 5.74) is 7.11. The second kappa shape index (κ2) is 6.82. The first-order valence-electron chi connectivity index (χ1n) is 6.73. The van der Waals surface area contributed by atoms with Gasteiger partial charge < -0.3 is 15.4 Å². The summed E-state index contributed by atoms with van der Waals surface area (Å²) in [5, 5.41) is 0. The molecule has 1 aliphatic heterocycles. The third-order valence-electron chi connectivity index (χ3n) is 3.37. The van der Waals surface area contributed by atoms with E-state index >= 15 is 0 Å². The van der Waals surface area contributed by atoms with E-state index in [0.29, 0.717) is 19.8 Å². The lowest BCUT2D eigenvalue weighted by molar-refractivity contribution is 0.122. The summed E-state index contributed by atoms with van der Waals surface area (Å²) in [5.74, 6) is -1.57. The Morgan fingerprint density at radius 1 is 1.11 bits per heavy atom. The highest BCUT2D eigenvalue weighted by molar-refractivity contribution is 5.54. The van der Waals surface area contributed by atoms with Crippen molar-refractivity contribution in [3.63, 3.8) is 0 Å². The first-order chi connectivity index (χ1) is 9.22. The highest BCUT2D eigenvalue weighted by atomic mass is 19.2. The Labute approximate surface area is 112 Å². The zero-order chi connectivity index (χ0) is 13.7. The van der Waals surface area contributed by atoms with Crippen molar-refractivity contribution in [3.8, 4) is 0 Å². The number of aryl methyl sites for hydroxylation is 1. The van der Waals surface area contributed by atoms with Gasteiger partial charge in [-0.25, -0.2) is 8.78 Å². The number of hydrogen-bond donors (Lipinski definition) is 1. The van der Waals surface area contributed by atoms with Crippen LogP contribution in [-0.4, -0.2) is 32.8 Å². The monoisotopic (exact) mass is 270 g/mol. The van der Waals surface area contributed by atoms with E-state index in [1.165, 1.54) is 12.1 Å². The Hall–Kier alpha value is -1.20. The number of nitrogens with two attached hydrogens (primary N) is 1. The molecule has 0 unspecified atom stereocenters. The molecule has 106 valence electrons. The maximum atomic E-state index is 13.4. The fraction of sp³-hybridized carbons (Fsp3) is 0.571. The van der Waals surface area contributed by atoms with E-state index in [4.69, 9.17) is 10.5 Å². The van der Waals surface area contributed by atoms with Gasteiger partial charge >= 0.3 is 0 Å². The van der Waals surface area contributed by atoms with Crippen LogP contribution < -0.4 is 10.6 Å². The van der Waals surface area contributed by atoms with Gasteiger partial charge in [0, 0.05) is 24.8 Å². The van der Waals surface area contributed by atoms with Crippen LogP contribution in [0.1, 0.15) is 18.4 Å². The lowest BCUT2D eigenvalue weighted by Crippen LogP contribution is -2.37. The molecule has 0 aliphatic carbocycles. The van der Waals surface area contributed by atoms with Gasteiger partial charge in [0.2, 0.25) is 0 Å². The topological polar surface area (TPSA) is 38.5 Å². The Bertz CT molecular complexity index is 420. The predicted octanol–water partition coefficient (Wildman–Crippen LogP) is 2.08. The second-order valence-electron chi connectivity index (χ2n) is 4.74. The molecule has 2 N–H and O–H groups in total. The summed E-state index contributed by atoms with van der Waals surface area (Å²) < 4.78 is 32.1. The fourth-order valence-electron chi connectivity index (χ4n) is 2.34. The minimum atomic E-state index is -0.788. The quantitative estimate of drug-likeness (QED) is 0.833. The van der Waals surface area contributed by atoms with E-state index in [9.17, 15) is 8.78 Å². The lowest BCUT2D eigenvalue weighted by Gasteiger charge is -2.30. The van der Waals surface area contributed by atoms with Crippen molar-refractivity contribution >= 4 is 5.69 Å². The number of nitrogens with zero attached hydrogens (tertiary/aromatic N) is 1. The zero-order valence-corrected chi connectivity index (χ0v) is 11.0. The number of morpholine rings is 1. The Morgan fingerprint density at radius 2 is 1.79 bits per heavy atom. The summed E-state index contributed by atoms with van der Waals surface area (Å²) in [6.07, 6.45) is 2.50. The number of anilines is 1. The number of benzene rings is 1. The lowest BCUT2D eigenvalue weighted by atomic mass is 10.0. The SMILES string of the molecule is NCCCCc1cc(F)c(F)cc1N1CCOCC1. The van der Waals surface area contributed by atoms with Crippen LogP contribution in [0.3, 0.4) is 0 Å². The fourth-order valence-corrected chi connectivity index (χ4v) is 2.34. The normalized spacial score (nSPS) is 15.8. The van der Waals surface area contributed by atoms with Crippen molar-refractivity contribution in [2.45, 2.75) is 19.3 Å². The highest BCUT2D eigenvalue weighted by Gasteiger charge is 2.17. The molecule has 1 saturated heterocycles. The summed E-state index contributed by atoms with van der Waals surface area (Å²) in [6, 6.07) is 2.62. The van der Waals surface area contributed by atoms with Gasteiger partial charge in [0.05, 0.1) is 13.2 Å². The summed E-state index contributed by atoms with van der Waals surface area (Å²) in [4.78, 5) is 2.06. The van der Waals surface area contributed by atoms with Crippen LogP contribution in [0.4, 0.5) is 14.5 Å². The number of ether oxygens (including phenoxy) is 1. The van der Waals surface area contributed by atoms with Crippen LogP contribution in [0.5, 0.6) is 0 Å². The third-order valence-corrected chi connectivity index (χ3v) is 3.37. The van der Waals surface area contributed by atoms with Crippen LogP contribution in [-0.2, 0) is 11.2 Å². The number of rotatable bonds is 5. The molecule has 19 heavy (non-hydrogen) atoms. The van der Waals surface area contributed by atoms with Crippen molar-refractivity contribution in [1.29, 1.82) is 0 Å². The molecule has 0 radical (unpaired) electrons. The molecule has 0 atom stereocenters. The van der Waals surface area contributed by atoms with Crippen molar-refractivity contribution in [1.82, 2.24) is 0 Å². The zero-order valence-electron chi connectivity index (χ0n) is 11.0. The van der Waals surface area contributed by atoms with Crippen molar-refractivity contribution in [2.24, 2.45) is 5.73 Å². The molecule has 0 bridgehead atoms. The molecular weight excluding hydrogens is 250 g/mol. The minimum Gasteiger partial charge on any atom is -0.378 e. The van der Waals surface area contributed by atoms with E-state index in [1.54, 1.807) is 0 Å². The molecule has 2 rings (SSSR count). The van der Waals surface area contributed by atoms with E-state index in [2.05, 4.69) is 4.90 Å². The van der Waals surface area contributed by atoms with Gasteiger partial charge in [0.15, 0.2) is 11.6 Å². The molecule has 1 heterocycles. The second-order valence-corrected chi connectivity index (χ2v) is 4.74. The van der Waals surface area contributed by atoms with Crippen LogP contribution >= 0.6 is 0 Å². The van der Waals surface area contributed by atoms with E-state index < -0.39 is 11.6 Å². The van der Waals surface area contributed by atoms with Crippen LogP contribution in [0, 0.1) is 11.6 Å². The van der Waals surface area contributed by atoms with E-state index in [1.807, 2.05) is 0 Å². The molecule has 5 heteroatoms. The molecule has 0 amide bonds. The maximum absolute atomic E-state index is 13.4. The number of hydrogen-bond acceptors (Lipinski definition) is 3. The largest absolute Gasteiger partial charge is 0.378 e. The smallest absolute Gasteiger partial charge is 0.160 e. The standard InChI is InChI=1S/C14H20F2N2O/c15-12-9-11(3-1-2-4-17)14(10-13(12)16)18-5-7-19-8-6-18/h9-10H,1-8,17H2. The summed E-state index contributed by atoms with van der Waals surface area (Å²) in [6.45, 7) is 3.31. The molecule has 0 saturated carbocycles. The highest BCUT2D eigenvalue weighted by Crippen LogP contribution is 2.26. The van der Waals surface area contributed by atoms with Gasteiger partial charge in [-0.15, -0.1) is 0 Å². The van der Waals surface area contributed by atoms with Gasteiger partial charge in [-0.2, -0.15) is 0 Å². The summed E-state index contributed by atoms with van der Waals surface area (Å²) in [7, 11) is 0. The molecule has 3 nitrogen and oxygen atoms in total. The van der Waals surface area contributed by atoms with Gasteiger partial charge in [0.1, 0.15) is 0 Å². The van der Waals surface area contributed by atoms with Crippen molar-refractivity contribution in [3.05, 3.63) is 29.3 Å². The minimum absolute atomic E-state index is 0.622. The molecule has 1 fully saturated rings. The molecule has 0 spiro atoms. The van der Waals surface area contributed by atoms with Crippen molar-refractivity contribution < 1.29 is 13.5 Å². The van der Waals surface area contributed by atoms with Crippen LogP contribution in [0.15, 0.2) is 12.1 Å². The summed E-state index contributed by atoms with van der Waals surface area (Å²) >= 11 is 0. The first kappa shape index (κ1) is 14.2. The average molecular weight is 270 g/mol. The molecule has 1 aromatic rings. The van der Waals surface area contributed by atoms with E-state index in [-0.39, 0.29) is 0 Å². The van der Waals surface area contributed by atoms with Gasteiger partial charge in [-0.3, -0.25) is 0 Å². The number of halogens is 2. The van der Waals surface area contributed by atoms with Gasteiger partial charge in [-0.05, 0) is 37.4 Å². The van der Waals surface area contributed by atoms with Gasteiger partial charge in [-0.1, -0.05) is 0 Å². The Morgan fingerprint density at radius 3 is 2.47 bits per heavy atom. The Balaban J connectivity index is 2.20. The molecule has 0 aromatic heterocycles. The molecule has 1 aromatic carbocycles. The average Bonchev–Trinajstić information content (AvgIpc) is 2.43. The van der Waals surface area contributed by atoms with Crippen LogP contribution in [0.25, 0.3) is 0 Å². The predicted molar refractivity (Wildman–Crippen MR) is 71.4 cm³/mol. The number of unbranched alkanes of at least 4 members (excludes halogenated alkanes) is 1. The Kier molecular flexibility index (Phi) is 5.10. The van der Waals surface area contributed by atoms with E-state index in [0.717, 1.165) is 43.6 Å². The molecule has 1 aliphatic rings. The van der Waals surface area contributed by atoms with Gasteiger partial charge in [0.25, 0.3) is 0 Å². The van der Waals surface area contributed by atoms with Crippen LogP contribution in [0.2, 0.25) is 0 Å². The maximum Gasteiger partial charge on any atom is 0.160 e.